The molecule has 0 spiro atoms. The maximum Gasteiger partial charge on any atom is 0.311 e. The molecular weight excluding hydrogens is 336 g/mol. The second kappa shape index (κ2) is 8.06. The summed E-state index contributed by atoms with van der Waals surface area (Å²) < 4.78 is 1.67. The lowest BCUT2D eigenvalue weighted by Crippen LogP contribution is -2.27. The summed E-state index contributed by atoms with van der Waals surface area (Å²) >= 11 is 0. The summed E-state index contributed by atoms with van der Waals surface area (Å²) in [4.78, 5) is 27.6. The number of nitrogens with zero attached hydrogens (tertiary/aromatic N) is 4. The molecule has 1 unspecified atom stereocenters. The summed E-state index contributed by atoms with van der Waals surface area (Å²) in [6.45, 7) is 0.761. The Kier molecular flexibility index (Phi) is 5.37. The Labute approximate surface area is 149 Å². The lowest BCUT2D eigenvalue weighted by molar-refractivity contribution is -0.138. The molecule has 9 heteroatoms. The molecule has 0 fully saturated rings. The number of benzene rings is 1. The van der Waals surface area contributed by atoms with Crippen LogP contribution in [-0.2, 0) is 11.3 Å². The lowest BCUT2D eigenvalue weighted by atomic mass is 9.99. The predicted molar refractivity (Wildman–Crippen MR) is 91.5 cm³/mol. The fraction of sp³-hybridized carbons (Fsp3) is 0.235. The molecule has 3 N–H and O–H groups in total. The highest BCUT2D eigenvalue weighted by Crippen LogP contribution is 2.18. The molecule has 0 saturated carbocycles. The molecule has 3 rings (SSSR count). The highest BCUT2D eigenvalue weighted by Gasteiger charge is 2.20. The van der Waals surface area contributed by atoms with Crippen LogP contribution in [0.5, 0.6) is 0 Å². The number of aromatic amines is 1. The number of rotatable bonds is 8. The van der Waals surface area contributed by atoms with Crippen molar-refractivity contribution in [3.63, 3.8) is 0 Å². The Balaban J connectivity index is 1.57. The second-order valence-electron chi connectivity index (χ2n) is 5.76. The Morgan fingerprint density at radius 3 is 2.92 bits per heavy atom. The topological polar surface area (TPSA) is 126 Å². The van der Waals surface area contributed by atoms with Crippen LogP contribution in [0.1, 0.15) is 33.8 Å². The molecule has 9 nitrogen and oxygen atoms in total. The third-order valence-corrected chi connectivity index (χ3v) is 3.94. The van der Waals surface area contributed by atoms with Crippen LogP contribution in [0.2, 0.25) is 0 Å². The van der Waals surface area contributed by atoms with Gasteiger partial charge in [0.05, 0.1) is 18.7 Å². The highest BCUT2D eigenvalue weighted by molar-refractivity contribution is 5.94. The number of hydrogen-bond donors (Lipinski definition) is 3. The number of aromatic nitrogens is 5. The molecule has 3 aromatic rings. The third kappa shape index (κ3) is 4.32. The molecule has 0 aliphatic heterocycles. The molecule has 0 bridgehead atoms. The van der Waals surface area contributed by atoms with Gasteiger partial charge in [-0.1, -0.05) is 12.1 Å². The van der Waals surface area contributed by atoms with Gasteiger partial charge in [-0.3, -0.25) is 14.7 Å². The van der Waals surface area contributed by atoms with Crippen molar-refractivity contribution >= 4 is 11.9 Å². The number of carbonyl (C=O) groups excluding carboxylic acids is 1. The number of carbonyl (C=O) groups is 2. The first-order valence-corrected chi connectivity index (χ1v) is 8.04. The fourth-order valence-electron chi connectivity index (χ4n) is 2.63. The molecule has 1 atom stereocenters. The first-order valence-electron chi connectivity index (χ1n) is 8.04. The molecular formula is C17H18N6O3. The van der Waals surface area contributed by atoms with Gasteiger partial charge < -0.3 is 10.4 Å². The predicted octanol–water partition coefficient (Wildman–Crippen LogP) is 1.04. The van der Waals surface area contributed by atoms with Gasteiger partial charge in [-0.2, -0.15) is 10.2 Å². The lowest BCUT2D eigenvalue weighted by Gasteiger charge is -2.11. The Morgan fingerprint density at radius 1 is 1.35 bits per heavy atom. The molecule has 2 heterocycles. The SMILES string of the molecule is O=C(NCCC(C(=O)O)c1cn[nH]c1)c1cccc(Cn2cncn2)c1. The minimum absolute atomic E-state index is 0.244. The van der Waals surface area contributed by atoms with Gasteiger partial charge in [0.1, 0.15) is 12.7 Å². The monoisotopic (exact) mass is 354 g/mol. The van der Waals surface area contributed by atoms with Gasteiger partial charge in [0.25, 0.3) is 5.91 Å². The minimum atomic E-state index is -0.949. The van der Waals surface area contributed by atoms with E-state index >= 15 is 0 Å². The Bertz CT molecular complexity index is 861. The van der Waals surface area contributed by atoms with Crippen molar-refractivity contribution in [2.75, 3.05) is 6.54 Å². The van der Waals surface area contributed by atoms with Crippen molar-refractivity contribution in [2.45, 2.75) is 18.9 Å². The number of amides is 1. The van der Waals surface area contributed by atoms with Gasteiger partial charge in [0.15, 0.2) is 0 Å². The van der Waals surface area contributed by atoms with E-state index in [-0.39, 0.29) is 18.9 Å². The summed E-state index contributed by atoms with van der Waals surface area (Å²) in [6, 6.07) is 7.19. The zero-order chi connectivity index (χ0) is 18.4. The maximum atomic E-state index is 12.3. The van der Waals surface area contributed by atoms with Gasteiger partial charge in [-0.15, -0.1) is 0 Å². The smallest absolute Gasteiger partial charge is 0.311 e. The van der Waals surface area contributed by atoms with Crippen LogP contribution in [0.25, 0.3) is 0 Å². The Morgan fingerprint density at radius 2 is 2.23 bits per heavy atom. The summed E-state index contributed by atoms with van der Waals surface area (Å²) in [6.07, 6.45) is 6.37. The molecule has 134 valence electrons. The first kappa shape index (κ1) is 17.3. The van der Waals surface area contributed by atoms with Gasteiger partial charge in [0, 0.05) is 23.9 Å². The van der Waals surface area contributed by atoms with Crippen molar-refractivity contribution in [1.29, 1.82) is 0 Å². The van der Waals surface area contributed by atoms with E-state index in [1.165, 1.54) is 12.5 Å². The molecule has 0 aliphatic carbocycles. The van der Waals surface area contributed by atoms with Crippen molar-refractivity contribution < 1.29 is 14.7 Å². The second-order valence-corrected chi connectivity index (χ2v) is 5.76. The van der Waals surface area contributed by atoms with E-state index in [4.69, 9.17) is 0 Å². The van der Waals surface area contributed by atoms with Crippen LogP contribution in [0.15, 0.2) is 49.3 Å². The Hall–Kier alpha value is -3.49. The molecule has 0 aliphatic rings. The normalized spacial score (nSPS) is 11.8. The third-order valence-electron chi connectivity index (χ3n) is 3.94. The average Bonchev–Trinajstić information content (AvgIpc) is 3.32. The summed E-state index contributed by atoms with van der Waals surface area (Å²) in [5.41, 5.74) is 2.02. The number of hydrogen-bond acceptors (Lipinski definition) is 5. The molecule has 2 aromatic heterocycles. The number of carboxylic acid groups (broad SMARTS) is 1. The van der Waals surface area contributed by atoms with Gasteiger partial charge >= 0.3 is 5.97 Å². The van der Waals surface area contributed by atoms with Crippen LogP contribution in [0.4, 0.5) is 0 Å². The van der Waals surface area contributed by atoms with E-state index in [1.54, 1.807) is 35.4 Å². The van der Waals surface area contributed by atoms with Gasteiger partial charge in [-0.25, -0.2) is 9.67 Å². The van der Waals surface area contributed by atoms with Crippen LogP contribution in [-0.4, -0.2) is 48.5 Å². The van der Waals surface area contributed by atoms with Crippen molar-refractivity contribution in [3.05, 3.63) is 66.0 Å². The molecule has 26 heavy (non-hydrogen) atoms. The van der Waals surface area contributed by atoms with Gasteiger partial charge in [-0.05, 0) is 24.1 Å². The standard InChI is InChI=1S/C17H18N6O3/c24-16(19-5-4-15(17(25)26)14-7-20-21-8-14)13-3-1-2-12(6-13)9-23-11-18-10-22-23/h1-3,6-8,10-11,15H,4-5,9H2,(H,19,24)(H,20,21)(H,25,26). The van der Waals surface area contributed by atoms with Crippen molar-refractivity contribution in [1.82, 2.24) is 30.3 Å². The summed E-state index contributed by atoms with van der Waals surface area (Å²) in [7, 11) is 0. The van der Waals surface area contributed by atoms with E-state index in [0.29, 0.717) is 17.7 Å². The van der Waals surface area contributed by atoms with Crippen LogP contribution in [0, 0.1) is 0 Å². The van der Waals surface area contributed by atoms with E-state index in [2.05, 4.69) is 25.6 Å². The first-order chi connectivity index (χ1) is 12.6. The van der Waals surface area contributed by atoms with Crippen LogP contribution in [0.3, 0.4) is 0 Å². The van der Waals surface area contributed by atoms with Crippen molar-refractivity contribution in [2.24, 2.45) is 0 Å². The van der Waals surface area contributed by atoms with E-state index in [9.17, 15) is 14.7 Å². The number of H-pyrrole nitrogens is 1. The maximum absolute atomic E-state index is 12.3. The number of nitrogens with one attached hydrogen (secondary N) is 2. The van der Waals surface area contributed by atoms with E-state index in [0.717, 1.165) is 5.56 Å². The van der Waals surface area contributed by atoms with E-state index in [1.807, 2.05) is 6.07 Å². The molecule has 1 amide bonds. The number of aliphatic carboxylic acids is 1. The average molecular weight is 354 g/mol. The zero-order valence-electron chi connectivity index (χ0n) is 13.9. The number of carboxylic acids is 1. The molecule has 0 saturated heterocycles. The largest absolute Gasteiger partial charge is 0.481 e. The molecule has 0 radical (unpaired) electrons. The van der Waals surface area contributed by atoms with Gasteiger partial charge in [0.2, 0.25) is 0 Å². The highest BCUT2D eigenvalue weighted by atomic mass is 16.4. The minimum Gasteiger partial charge on any atom is -0.481 e. The quantitative estimate of drug-likeness (QED) is 0.555. The van der Waals surface area contributed by atoms with Crippen LogP contribution >= 0.6 is 0 Å². The van der Waals surface area contributed by atoms with E-state index < -0.39 is 11.9 Å². The summed E-state index contributed by atoms with van der Waals surface area (Å²) in [5.74, 6) is -1.91. The zero-order valence-corrected chi connectivity index (χ0v) is 13.9. The van der Waals surface area contributed by atoms with Crippen molar-refractivity contribution in [3.8, 4) is 0 Å². The summed E-state index contributed by atoms with van der Waals surface area (Å²) in [5, 5.41) is 22.5. The fourth-order valence-corrected chi connectivity index (χ4v) is 2.63. The van der Waals surface area contributed by atoms with Crippen LogP contribution < -0.4 is 5.32 Å². The molecule has 1 aromatic carbocycles.